The van der Waals surface area contributed by atoms with Gasteiger partial charge in [0, 0.05) is 19.1 Å². The van der Waals surface area contributed by atoms with E-state index in [1.165, 1.54) is 103 Å². The average molecular weight is 568 g/mol. The van der Waals surface area contributed by atoms with Crippen molar-refractivity contribution in [3.8, 4) is 0 Å². The molecule has 0 aliphatic rings. The number of hydrogen-bond acceptors (Lipinski definition) is 6. The van der Waals surface area contributed by atoms with Crippen molar-refractivity contribution in [3.63, 3.8) is 0 Å². The van der Waals surface area contributed by atoms with Gasteiger partial charge in [0.2, 0.25) is 0 Å². The van der Waals surface area contributed by atoms with Gasteiger partial charge in [-0.05, 0) is 45.7 Å². The molecule has 1 atom stereocenters. The van der Waals surface area contributed by atoms with Crippen molar-refractivity contribution in [3.05, 3.63) is 0 Å². The topological polar surface area (TPSA) is 124 Å². The molecule has 0 aromatic rings. The molecule has 0 aromatic heterocycles. The molecule has 0 saturated carbocycles. The van der Waals surface area contributed by atoms with Crippen molar-refractivity contribution in [2.45, 2.75) is 154 Å². The van der Waals surface area contributed by atoms with E-state index in [1.54, 1.807) is 0 Å². The fourth-order valence-electron chi connectivity index (χ4n) is 4.66. The van der Waals surface area contributed by atoms with Crippen LogP contribution in [0.15, 0.2) is 0 Å². The number of carboxylic acid groups (broad SMARTS) is 1. The third-order valence-corrected chi connectivity index (χ3v) is 7.49. The fourth-order valence-corrected chi connectivity index (χ4v) is 4.66. The van der Waals surface area contributed by atoms with Crippen LogP contribution in [-0.2, 0) is 19.4 Å². The molecule has 0 spiro atoms. The highest BCUT2D eigenvalue weighted by atomic mass is 32.3. The molecule has 0 radical (unpaired) electrons. The Hall–Kier alpha value is -0.740. The van der Waals surface area contributed by atoms with Crippen LogP contribution in [0.25, 0.3) is 0 Å². The number of carbonyl (C=O) groups is 1. The lowest BCUT2D eigenvalue weighted by atomic mass is 10.0. The first-order valence-electron chi connectivity index (χ1n) is 15.2. The fraction of sp³-hybridized carbons (Fsp3) is 0.966. The monoisotopic (exact) mass is 567 g/mol. The molecule has 1 unspecified atom stereocenters. The van der Waals surface area contributed by atoms with Crippen LogP contribution >= 0.6 is 0 Å². The maximum Gasteiger partial charge on any atom is 0.397 e. The number of aliphatic hydroxyl groups excluding tert-OH is 1. The smallest absolute Gasteiger partial charge is 0.397 e. The number of aliphatic hydroxyl groups is 1. The predicted molar refractivity (Wildman–Crippen MR) is 157 cm³/mol. The van der Waals surface area contributed by atoms with E-state index >= 15 is 0 Å². The van der Waals surface area contributed by atoms with E-state index in [4.69, 9.17) is 14.8 Å². The van der Waals surface area contributed by atoms with E-state index < -0.39 is 16.4 Å². The summed E-state index contributed by atoms with van der Waals surface area (Å²) in [5.74, 6) is -0.696. The van der Waals surface area contributed by atoms with Gasteiger partial charge in [-0.3, -0.25) is 13.5 Å². The maximum atomic E-state index is 10.7. The van der Waals surface area contributed by atoms with Gasteiger partial charge < -0.3 is 15.1 Å². The van der Waals surface area contributed by atoms with Crippen LogP contribution < -0.4 is 0 Å². The molecule has 3 N–H and O–H groups in total. The largest absolute Gasteiger partial charge is 0.481 e. The maximum absolute atomic E-state index is 10.7. The Morgan fingerprint density at radius 1 is 0.737 bits per heavy atom. The van der Waals surface area contributed by atoms with E-state index in [0.717, 1.165) is 45.8 Å². The Labute approximate surface area is 234 Å². The number of carboxylic acids is 1. The van der Waals surface area contributed by atoms with E-state index in [2.05, 4.69) is 23.1 Å². The average Bonchev–Trinajstić information content (AvgIpc) is 2.87. The molecule has 0 aliphatic carbocycles. The lowest BCUT2D eigenvalue weighted by molar-refractivity contribution is -0.137. The molecule has 38 heavy (non-hydrogen) atoms. The molecule has 0 rings (SSSR count). The predicted octanol–water partition coefficient (Wildman–Crippen LogP) is 7.40. The molecule has 0 heterocycles. The van der Waals surface area contributed by atoms with Gasteiger partial charge in [-0.25, -0.2) is 0 Å². The first kappa shape index (κ1) is 39.4. The minimum Gasteiger partial charge on any atom is -0.481 e. The summed E-state index contributed by atoms with van der Waals surface area (Å²) in [6, 6.07) is 0.479. The Balaban J connectivity index is 0. The lowest BCUT2D eigenvalue weighted by Crippen LogP contribution is -2.32. The second-order valence-electron chi connectivity index (χ2n) is 10.5. The summed E-state index contributed by atoms with van der Waals surface area (Å²) in [5, 5.41) is 18.0. The highest BCUT2D eigenvalue weighted by molar-refractivity contribution is 7.80. The molecule has 0 aliphatic heterocycles. The van der Waals surface area contributed by atoms with Crippen molar-refractivity contribution in [1.29, 1.82) is 0 Å². The molecule has 9 heteroatoms. The van der Waals surface area contributed by atoms with Gasteiger partial charge in [-0.2, -0.15) is 8.42 Å². The van der Waals surface area contributed by atoms with Gasteiger partial charge in [0.25, 0.3) is 0 Å². The van der Waals surface area contributed by atoms with Crippen LogP contribution in [-0.4, -0.2) is 67.4 Å². The summed E-state index contributed by atoms with van der Waals surface area (Å²) in [6.07, 6.45) is 27.3. The number of aliphatic carboxylic acids is 1. The second-order valence-corrected chi connectivity index (χ2v) is 11.7. The van der Waals surface area contributed by atoms with Crippen molar-refractivity contribution < 1.29 is 32.2 Å². The van der Waals surface area contributed by atoms with Gasteiger partial charge in [0.1, 0.15) is 0 Å². The molecule has 8 nitrogen and oxygen atoms in total. The first-order chi connectivity index (χ1) is 18.2. The minimum atomic E-state index is -4.16. The summed E-state index contributed by atoms with van der Waals surface area (Å²) in [4.78, 5) is 13.1. The van der Waals surface area contributed by atoms with E-state index in [9.17, 15) is 13.2 Å². The van der Waals surface area contributed by atoms with Gasteiger partial charge in [-0.1, -0.05) is 110 Å². The third-order valence-electron chi connectivity index (χ3n) is 7.07. The van der Waals surface area contributed by atoms with E-state index in [-0.39, 0.29) is 13.0 Å². The van der Waals surface area contributed by atoms with Crippen LogP contribution in [0.1, 0.15) is 148 Å². The van der Waals surface area contributed by atoms with Crippen LogP contribution in [0, 0.1) is 0 Å². The van der Waals surface area contributed by atoms with Crippen molar-refractivity contribution in [2.24, 2.45) is 0 Å². The normalized spacial score (nSPS) is 12.4. The summed E-state index contributed by atoms with van der Waals surface area (Å²) in [7, 11) is -1.09. The zero-order chi connectivity index (χ0) is 28.9. The quantitative estimate of drug-likeness (QED) is 0.0692. The molecule has 0 bridgehead atoms. The Kier molecular flexibility index (Phi) is 30.3. The molecule has 0 fully saturated rings. The van der Waals surface area contributed by atoms with Gasteiger partial charge in [0.15, 0.2) is 0 Å². The lowest BCUT2D eigenvalue weighted by Gasteiger charge is -2.28. The van der Waals surface area contributed by atoms with Crippen LogP contribution in [0.4, 0.5) is 0 Å². The highest BCUT2D eigenvalue weighted by Crippen LogP contribution is 2.17. The Bertz CT molecular complexity index is 602. The molecule has 0 saturated heterocycles. The number of hydrogen-bond donors (Lipinski definition) is 3. The minimum absolute atomic E-state index is 0.249. The van der Waals surface area contributed by atoms with Gasteiger partial charge in [-0.15, -0.1) is 0 Å². The zero-order valence-corrected chi connectivity index (χ0v) is 25.7. The van der Waals surface area contributed by atoms with Crippen LogP contribution in [0.3, 0.4) is 0 Å². The summed E-state index contributed by atoms with van der Waals surface area (Å²) < 4.78 is 29.7. The van der Waals surface area contributed by atoms with E-state index in [0.29, 0.717) is 6.04 Å². The van der Waals surface area contributed by atoms with Crippen LogP contribution in [0.5, 0.6) is 0 Å². The SMILES string of the molecule is CCCCCCCCCCCCCCCCCCN(C)C(CCCO)CCCCC(=O)O.COS(=O)(=O)O. The van der Waals surface area contributed by atoms with Crippen molar-refractivity contribution in [1.82, 2.24) is 4.90 Å². The third kappa shape index (κ3) is 33.3. The molecule has 0 aromatic carbocycles. The van der Waals surface area contributed by atoms with Crippen molar-refractivity contribution >= 4 is 16.4 Å². The first-order valence-corrected chi connectivity index (χ1v) is 16.6. The van der Waals surface area contributed by atoms with Gasteiger partial charge >= 0.3 is 16.4 Å². The Morgan fingerprint density at radius 3 is 1.50 bits per heavy atom. The highest BCUT2D eigenvalue weighted by Gasteiger charge is 2.14. The molecular formula is C29H61NO7S. The van der Waals surface area contributed by atoms with Gasteiger partial charge in [0.05, 0.1) is 7.11 Å². The summed E-state index contributed by atoms with van der Waals surface area (Å²) >= 11 is 0. The second kappa shape index (κ2) is 29.2. The standard InChI is InChI=1S/C28H57NO3.CH4O4S/c1-3-4-5-6-7-8-9-10-11-12-13-14-15-16-17-20-25-29(2)27(23-21-26-30)22-18-19-24-28(31)32;1-5-6(2,3)4/h27,30H,3-26H2,1-2H3,(H,31,32);1H3,(H,2,3,4). The number of rotatable bonds is 27. The summed E-state index contributed by atoms with van der Waals surface area (Å²) in [5.41, 5.74) is 0. The molecular weight excluding hydrogens is 506 g/mol. The number of nitrogens with zero attached hydrogens (tertiary/aromatic N) is 1. The van der Waals surface area contributed by atoms with E-state index in [1.807, 2.05) is 0 Å². The molecule has 0 amide bonds. The Morgan fingerprint density at radius 2 is 1.13 bits per heavy atom. The number of unbranched alkanes of at least 4 members (excludes halogenated alkanes) is 16. The van der Waals surface area contributed by atoms with Crippen molar-refractivity contribution in [2.75, 3.05) is 27.3 Å². The molecule has 230 valence electrons. The summed E-state index contributed by atoms with van der Waals surface area (Å²) in [6.45, 7) is 3.65. The van der Waals surface area contributed by atoms with Crippen LogP contribution in [0.2, 0.25) is 0 Å². The zero-order valence-electron chi connectivity index (χ0n) is 24.9.